The first kappa shape index (κ1) is 17.5. The highest BCUT2D eigenvalue weighted by Crippen LogP contribution is 2.13. The molecule has 0 heterocycles. The monoisotopic (exact) mass is 276 g/mol. The highest BCUT2D eigenvalue weighted by Gasteiger charge is 1.93. The molecule has 0 aromatic carbocycles. The van der Waals surface area contributed by atoms with Crippen molar-refractivity contribution < 1.29 is 0 Å². The molecule has 0 aromatic heterocycles. The van der Waals surface area contributed by atoms with E-state index in [1.807, 2.05) is 0 Å². The predicted octanol–water partition coefficient (Wildman–Crippen LogP) is 7.35. The molecule has 116 valence electrons. The lowest BCUT2D eigenvalue weighted by molar-refractivity contribution is 0.542. The Morgan fingerprint density at radius 1 is 0.250 bits per heavy atom. The van der Waals surface area contributed by atoms with Gasteiger partial charge in [-0.1, -0.05) is 88.5 Å². The van der Waals surface area contributed by atoms with Gasteiger partial charge in [0.25, 0.3) is 0 Å². The fourth-order valence-corrected chi connectivity index (χ4v) is 2.96. The van der Waals surface area contributed by atoms with E-state index in [1.54, 1.807) is 0 Å². The fraction of sp³-hybridized carbons (Fsp3) is 0.800. The quantitative estimate of drug-likeness (QED) is 0.405. The molecule has 0 spiro atoms. The molecule has 0 saturated carbocycles. The molecule has 0 N–H and O–H groups in total. The Hall–Kier alpha value is -0.520. The SMILES string of the molecule is C1=C\CCCCCCCCCCCCCC/C=C\CC/1. The average Bonchev–Trinajstić information content (AvgIpc) is 2.46. The average molecular weight is 277 g/mol. The third-order valence-corrected chi connectivity index (χ3v) is 4.32. The van der Waals surface area contributed by atoms with Crippen molar-refractivity contribution in [2.75, 3.05) is 0 Å². The minimum Gasteiger partial charge on any atom is -0.0885 e. The number of hydrogen-bond donors (Lipinski definition) is 0. The molecule has 0 nitrogen and oxygen atoms in total. The van der Waals surface area contributed by atoms with Gasteiger partial charge in [0.15, 0.2) is 0 Å². The first-order valence-electron chi connectivity index (χ1n) is 9.30. The maximum absolute atomic E-state index is 2.40. The third kappa shape index (κ3) is 12.5. The minimum absolute atomic E-state index is 1.23. The molecule has 0 fully saturated rings. The van der Waals surface area contributed by atoms with Crippen LogP contribution in [0.3, 0.4) is 0 Å². The van der Waals surface area contributed by atoms with E-state index in [0.717, 1.165) is 0 Å². The summed E-state index contributed by atoms with van der Waals surface area (Å²) in [6.45, 7) is 0. The molecule has 20 heavy (non-hydrogen) atoms. The smallest absolute Gasteiger partial charge is 0.0316 e. The Morgan fingerprint density at radius 3 is 0.850 bits per heavy atom. The van der Waals surface area contributed by atoms with Crippen molar-refractivity contribution in [2.24, 2.45) is 0 Å². The summed E-state index contributed by atoms with van der Waals surface area (Å²) in [6, 6.07) is 0. The lowest BCUT2D eigenvalue weighted by Gasteiger charge is -2.03. The molecule has 0 radical (unpaired) electrons. The lowest BCUT2D eigenvalue weighted by Crippen LogP contribution is -1.83. The minimum atomic E-state index is 1.23. The van der Waals surface area contributed by atoms with Gasteiger partial charge in [-0.3, -0.25) is 0 Å². The molecule has 0 bridgehead atoms. The van der Waals surface area contributed by atoms with Crippen LogP contribution in [0, 0.1) is 0 Å². The van der Waals surface area contributed by atoms with E-state index in [1.165, 1.54) is 103 Å². The molecule has 1 aliphatic rings. The molecular weight excluding hydrogens is 240 g/mol. The molecule has 0 unspecified atom stereocenters. The number of hydrogen-bond acceptors (Lipinski definition) is 0. The van der Waals surface area contributed by atoms with Crippen LogP contribution >= 0.6 is 0 Å². The van der Waals surface area contributed by atoms with E-state index in [2.05, 4.69) is 24.3 Å². The maximum atomic E-state index is 2.40. The Labute approximate surface area is 127 Å². The first-order valence-corrected chi connectivity index (χ1v) is 9.30. The number of rotatable bonds is 0. The van der Waals surface area contributed by atoms with Gasteiger partial charge in [0.2, 0.25) is 0 Å². The Bertz CT molecular complexity index is 210. The fourth-order valence-electron chi connectivity index (χ4n) is 2.96. The maximum Gasteiger partial charge on any atom is -0.0316 e. The van der Waals surface area contributed by atoms with Gasteiger partial charge in [-0.05, 0) is 38.5 Å². The second-order valence-electron chi connectivity index (χ2n) is 6.34. The standard InChI is InChI=1S/C20H36/c1-2-4-6-8-10-12-14-16-18-20-19-17-15-13-11-9-7-5-3-1/h1-2,7,9H,3-6,8,10-20H2/b2-1-,9-7-. The van der Waals surface area contributed by atoms with E-state index in [-0.39, 0.29) is 0 Å². The predicted molar refractivity (Wildman–Crippen MR) is 92.2 cm³/mol. The molecule has 0 saturated heterocycles. The van der Waals surface area contributed by atoms with Crippen LogP contribution in [-0.4, -0.2) is 0 Å². The zero-order chi connectivity index (χ0) is 14.1. The van der Waals surface area contributed by atoms with E-state index < -0.39 is 0 Å². The van der Waals surface area contributed by atoms with Crippen LogP contribution < -0.4 is 0 Å². The number of allylic oxidation sites excluding steroid dienone is 4. The van der Waals surface area contributed by atoms with Gasteiger partial charge in [0, 0.05) is 0 Å². The lowest BCUT2D eigenvalue weighted by atomic mass is 10.0. The van der Waals surface area contributed by atoms with Crippen LogP contribution in [0.15, 0.2) is 24.3 Å². The summed E-state index contributed by atoms with van der Waals surface area (Å²) in [5, 5.41) is 0. The molecule has 0 heteroatoms. The van der Waals surface area contributed by atoms with Crippen molar-refractivity contribution in [3.05, 3.63) is 24.3 Å². The Kier molecular flexibility index (Phi) is 13.0. The van der Waals surface area contributed by atoms with Crippen LogP contribution in [-0.2, 0) is 0 Å². The Morgan fingerprint density at radius 2 is 0.500 bits per heavy atom. The first-order chi connectivity index (χ1) is 10.0. The summed E-state index contributed by atoms with van der Waals surface area (Å²) in [5.74, 6) is 0. The largest absolute Gasteiger partial charge is 0.0885 e. The zero-order valence-electron chi connectivity index (χ0n) is 13.6. The van der Waals surface area contributed by atoms with Crippen molar-refractivity contribution in [3.63, 3.8) is 0 Å². The van der Waals surface area contributed by atoms with E-state index in [0.29, 0.717) is 0 Å². The van der Waals surface area contributed by atoms with Crippen LogP contribution in [0.4, 0.5) is 0 Å². The van der Waals surface area contributed by atoms with Gasteiger partial charge in [-0.2, -0.15) is 0 Å². The second kappa shape index (κ2) is 14.9. The molecule has 1 rings (SSSR count). The van der Waals surface area contributed by atoms with E-state index in [9.17, 15) is 0 Å². The summed E-state index contributed by atoms with van der Waals surface area (Å²) in [4.78, 5) is 0. The van der Waals surface area contributed by atoms with Gasteiger partial charge < -0.3 is 0 Å². The summed E-state index contributed by atoms with van der Waals surface area (Å²) < 4.78 is 0. The Balaban J connectivity index is 2.11. The molecule has 0 aromatic rings. The van der Waals surface area contributed by atoms with Crippen LogP contribution in [0.25, 0.3) is 0 Å². The van der Waals surface area contributed by atoms with Crippen LogP contribution in [0.1, 0.15) is 103 Å². The van der Waals surface area contributed by atoms with Crippen molar-refractivity contribution in [1.82, 2.24) is 0 Å². The van der Waals surface area contributed by atoms with Crippen molar-refractivity contribution >= 4 is 0 Å². The molecule has 0 aliphatic heterocycles. The van der Waals surface area contributed by atoms with Gasteiger partial charge in [0.05, 0.1) is 0 Å². The molecule has 0 atom stereocenters. The van der Waals surface area contributed by atoms with Crippen molar-refractivity contribution in [2.45, 2.75) is 103 Å². The summed E-state index contributed by atoms with van der Waals surface area (Å²) in [6.07, 6.45) is 32.0. The molecular formula is C20H36. The van der Waals surface area contributed by atoms with Crippen molar-refractivity contribution in [3.8, 4) is 0 Å². The highest BCUT2D eigenvalue weighted by molar-refractivity contribution is 4.88. The van der Waals surface area contributed by atoms with Gasteiger partial charge in [-0.25, -0.2) is 0 Å². The third-order valence-electron chi connectivity index (χ3n) is 4.32. The van der Waals surface area contributed by atoms with E-state index >= 15 is 0 Å². The van der Waals surface area contributed by atoms with Crippen molar-refractivity contribution in [1.29, 1.82) is 0 Å². The van der Waals surface area contributed by atoms with Crippen LogP contribution in [0.2, 0.25) is 0 Å². The highest BCUT2D eigenvalue weighted by atomic mass is 14.0. The summed E-state index contributed by atoms with van der Waals surface area (Å²) in [7, 11) is 0. The van der Waals surface area contributed by atoms with Crippen LogP contribution in [0.5, 0.6) is 0 Å². The summed E-state index contributed by atoms with van der Waals surface area (Å²) >= 11 is 0. The van der Waals surface area contributed by atoms with Gasteiger partial charge in [0.1, 0.15) is 0 Å². The normalized spacial score (nSPS) is 25.6. The second-order valence-corrected chi connectivity index (χ2v) is 6.34. The van der Waals surface area contributed by atoms with Gasteiger partial charge >= 0.3 is 0 Å². The van der Waals surface area contributed by atoms with Gasteiger partial charge in [-0.15, -0.1) is 0 Å². The van der Waals surface area contributed by atoms with E-state index in [4.69, 9.17) is 0 Å². The molecule has 1 aliphatic carbocycles. The summed E-state index contributed by atoms with van der Waals surface area (Å²) in [5.41, 5.74) is 0. The zero-order valence-corrected chi connectivity index (χ0v) is 13.6. The topological polar surface area (TPSA) is 0 Å². The molecule has 0 amide bonds.